The highest BCUT2D eigenvalue weighted by Gasteiger charge is 2.17. The summed E-state index contributed by atoms with van der Waals surface area (Å²) in [6.45, 7) is 2.83. The van der Waals surface area contributed by atoms with Crippen molar-refractivity contribution in [2.75, 3.05) is 26.3 Å². The summed E-state index contributed by atoms with van der Waals surface area (Å²) in [4.78, 5) is 14.1. The molecule has 1 aromatic heterocycles. The third-order valence-electron chi connectivity index (χ3n) is 3.60. The van der Waals surface area contributed by atoms with Crippen molar-refractivity contribution < 1.29 is 9.53 Å². The zero-order valence-electron chi connectivity index (χ0n) is 11.1. The number of aromatic nitrogens is 1. The minimum atomic E-state index is 0.0909. The minimum absolute atomic E-state index is 0.0909. The monoisotopic (exact) mass is 269 g/mol. The highest BCUT2D eigenvalue weighted by atomic mass is 16.5. The number of ether oxygens (including phenoxy) is 1. The first kappa shape index (κ1) is 12.7. The van der Waals surface area contributed by atoms with Crippen LogP contribution in [0.25, 0.3) is 10.9 Å². The van der Waals surface area contributed by atoms with Crippen LogP contribution in [0.5, 0.6) is 0 Å². The number of carbonyl (C=O) groups is 1. The van der Waals surface area contributed by atoms with Crippen molar-refractivity contribution in [3.05, 3.63) is 36.0 Å². The average Bonchev–Trinajstić information content (AvgIpc) is 2.91. The van der Waals surface area contributed by atoms with Gasteiger partial charge in [-0.2, -0.15) is 5.26 Å². The van der Waals surface area contributed by atoms with E-state index in [2.05, 4.69) is 6.07 Å². The second-order valence-electron chi connectivity index (χ2n) is 4.79. The van der Waals surface area contributed by atoms with Crippen molar-refractivity contribution in [3.63, 3.8) is 0 Å². The van der Waals surface area contributed by atoms with Crippen molar-refractivity contribution >= 4 is 16.8 Å². The highest BCUT2D eigenvalue weighted by Crippen LogP contribution is 2.19. The molecule has 3 rings (SSSR count). The van der Waals surface area contributed by atoms with Crippen LogP contribution in [-0.2, 0) is 16.1 Å². The average molecular weight is 269 g/mol. The van der Waals surface area contributed by atoms with Gasteiger partial charge in [0.05, 0.1) is 24.8 Å². The molecule has 1 amide bonds. The van der Waals surface area contributed by atoms with E-state index in [1.54, 1.807) is 6.07 Å². The third kappa shape index (κ3) is 2.26. The van der Waals surface area contributed by atoms with Gasteiger partial charge in [0, 0.05) is 30.2 Å². The van der Waals surface area contributed by atoms with Gasteiger partial charge >= 0.3 is 0 Å². The molecule has 1 fully saturated rings. The highest BCUT2D eigenvalue weighted by molar-refractivity contribution is 5.87. The lowest BCUT2D eigenvalue weighted by atomic mass is 10.1. The number of nitrogens with zero attached hydrogens (tertiary/aromatic N) is 3. The number of carbonyl (C=O) groups excluding carboxylic acids is 1. The molecule has 1 aliphatic rings. The standard InChI is InChI=1S/C15H15N3O2/c16-10-12-2-1-3-14-13(12)4-5-18(14)11-15(19)17-6-8-20-9-7-17/h1-5H,6-9,11H2. The van der Waals surface area contributed by atoms with Crippen molar-refractivity contribution in [2.24, 2.45) is 0 Å². The van der Waals surface area contributed by atoms with E-state index in [1.807, 2.05) is 33.9 Å². The molecule has 1 saturated heterocycles. The first-order valence-electron chi connectivity index (χ1n) is 6.63. The van der Waals surface area contributed by atoms with Crippen LogP contribution in [0.1, 0.15) is 5.56 Å². The summed E-state index contributed by atoms with van der Waals surface area (Å²) in [6.07, 6.45) is 1.86. The molecule has 1 aliphatic heterocycles. The summed E-state index contributed by atoms with van der Waals surface area (Å²) in [5, 5.41) is 9.98. The van der Waals surface area contributed by atoms with Gasteiger partial charge in [-0.25, -0.2) is 0 Å². The molecule has 2 heterocycles. The van der Waals surface area contributed by atoms with E-state index in [9.17, 15) is 4.79 Å². The Labute approximate surface area is 117 Å². The molecular formula is C15H15N3O2. The van der Waals surface area contributed by atoms with Crippen LogP contribution in [0.15, 0.2) is 30.5 Å². The molecule has 5 heteroatoms. The van der Waals surface area contributed by atoms with Crippen molar-refractivity contribution in [1.82, 2.24) is 9.47 Å². The summed E-state index contributed by atoms with van der Waals surface area (Å²) in [7, 11) is 0. The van der Waals surface area contributed by atoms with Gasteiger partial charge in [-0.15, -0.1) is 0 Å². The van der Waals surface area contributed by atoms with Crippen LogP contribution in [0.3, 0.4) is 0 Å². The summed E-state index contributed by atoms with van der Waals surface area (Å²) in [5.41, 5.74) is 1.56. The number of hydrogen-bond acceptors (Lipinski definition) is 3. The van der Waals surface area contributed by atoms with E-state index in [-0.39, 0.29) is 5.91 Å². The van der Waals surface area contributed by atoms with Gasteiger partial charge in [0.15, 0.2) is 0 Å². The molecule has 1 aromatic carbocycles. The van der Waals surface area contributed by atoms with Crippen LogP contribution in [-0.4, -0.2) is 41.7 Å². The van der Waals surface area contributed by atoms with Gasteiger partial charge in [0.25, 0.3) is 0 Å². The summed E-state index contributed by atoms with van der Waals surface area (Å²) < 4.78 is 7.15. The first-order valence-corrected chi connectivity index (χ1v) is 6.63. The Bertz CT molecular complexity index is 678. The maximum Gasteiger partial charge on any atom is 0.242 e. The van der Waals surface area contributed by atoms with Crippen molar-refractivity contribution in [3.8, 4) is 6.07 Å². The Morgan fingerprint density at radius 2 is 2.10 bits per heavy atom. The first-order chi connectivity index (χ1) is 9.79. The molecule has 0 radical (unpaired) electrons. The van der Waals surface area contributed by atoms with Crippen molar-refractivity contribution in [1.29, 1.82) is 5.26 Å². The van der Waals surface area contributed by atoms with E-state index in [4.69, 9.17) is 10.00 Å². The molecule has 102 valence electrons. The fourth-order valence-corrected chi connectivity index (χ4v) is 2.52. The molecule has 2 aromatic rings. The molecule has 0 spiro atoms. The zero-order valence-corrected chi connectivity index (χ0v) is 11.1. The molecule has 0 N–H and O–H groups in total. The van der Waals surface area contributed by atoms with Crippen LogP contribution in [0, 0.1) is 11.3 Å². The molecule has 0 aliphatic carbocycles. The van der Waals surface area contributed by atoms with E-state index < -0.39 is 0 Å². The predicted octanol–water partition coefficient (Wildman–Crippen LogP) is 1.37. The number of fused-ring (bicyclic) bond motifs is 1. The zero-order chi connectivity index (χ0) is 13.9. The SMILES string of the molecule is N#Cc1cccc2c1ccn2CC(=O)N1CCOCC1. The van der Waals surface area contributed by atoms with E-state index in [0.717, 1.165) is 10.9 Å². The Morgan fingerprint density at radius 1 is 1.30 bits per heavy atom. The quantitative estimate of drug-likeness (QED) is 0.827. The molecule has 0 unspecified atom stereocenters. The molecule has 20 heavy (non-hydrogen) atoms. The number of hydrogen-bond donors (Lipinski definition) is 0. The largest absolute Gasteiger partial charge is 0.378 e. The second-order valence-corrected chi connectivity index (χ2v) is 4.79. The summed E-state index contributed by atoms with van der Waals surface area (Å²) in [6, 6.07) is 9.63. The van der Waals surface area contributed by atoms with Gasteiger partial charge in [0.2, 0.25) is 5.91 Å². The lowest BCUT2D eigenvalue weighted by Gasteiger charge is -2.27. The van der Waals surface area contributed by atoms with Gasteiger partial charge in [0.1, 0.15) is 6.54 Å². The Balaban J connectivity index is 1.84. The van der Waals surface area contributed by atoms with Gasteiger partial charge in [-0.1, -0.05) is 6.07 Å². The number of rotatable bonds is 2. The van der Waals surface area contributed by atoms with Crippen molar-refractivity contribution in [2.45, 2.75) is 6.54 Å². The lowest BCUT2D eigenvalue weighted by molar-refractivity contribution is -0.135. The molecule has 0 saturated carbocycles. The van der Waals surface area contributed by atoms with E-state index in [1.165, 1.54) is 0 Å². The summed E-state index contributed by atoms with van der Waals surface area (Å²) >= 11 is 0. The fraction of sp³-hybridized carbons (Fsp3) is 0.333. The van der Waals surface area contributed by atoms with Crippen LogP contribution >= 0.6 is 0 Å². The number of nitriles is 1. The smallest absolute Gasteiger partial charge is 0.242 e. The number of morpholine rings is 1. The van der Waals surface area contributed by atoms with Crippen LogP contribution in [0.2, 0.25) is 0 Å². The van der Waals surface area contributed by atoms with E-state index >= 15 is 0 Å². The number of amides is 1. The molecule has 0 bridgehead atoms. The second kappa shape index (κ2) is 5.35. The predicted molar refractivity (Wildman–Crippen MR) is 74.1 cm³/mol. The maximum atomic E-state index is 12.2. The van der Waals surface area contributed by atoms with E-state index in [0.29, 0.717) is 38.4 Å². The van der Waals surface area contributed by atoms with Gasteiger partial charge in [-0.05, 0) is 18.2 Å². The molecule has 0 atom stereocenters. The Kier molecular flexibility index (Phi) is 3.40. The maximum absolute atomic E-state index is 12.2. The minimum Gasteiger partial charge on any atom is -0.378 e. The normalized spacial score (nSPS) is 15.2. The number of benzene rings is 1. The van der Waals surface area contributed by atoms with Gasteiger partial charge in [-0.3, -0.25) is 4.79 Å². The van der Waals surface area contributed by atoms with Gasteiger partial charge < -0.3 is 14.2 Å². The topological polar surface area (TPSA) is 58.3 Å². The summed E-state index contributed by atoms with van der Waals surface area (Å²) in [5.74, 6) is 0.0909. The fourth-order valence-electron chi connectivity index (χ4n) is 2.52. The third-order valence-corrected chi connectivity index (χ3v) is 3.60. The lowest BCUT2D eigenvalue weighted by Crippen LogP contribution is -2.42. The molecular weight excluding hydrogens is 254 g/mol. The van der Waals surface area contributed by atoms with Crippen LogP contribution < -0.4 is 0 Å². The Morgan fingerprint density at radius 3 is 2.85 bits per heavy atom. The van der Waals surface area contributed by atoms with Crippen LogP contribution in [0.4, 0.5) is 0 Å². The molecule has 5 nitrogen and oxygen atoms in total. The Hall–Kier alpha value is -2.32.